The van der Waals surface area contributed by atoms with Crippen molar-refractivity contribution in [3.63, 3.8) is 0 Å². The first-order valence-electron chi connectivity index (χ1n) is 3.81. The Balaban J connectivity index is 0.000000720. The topological polar surface area (TPSA) is 25.8 Å². The van der Waals surface area contributed by atoms with Gasteiger partial charge in [0.2, 0.25) is 0 Å². The SMILES string of the molecule is Br.BrC1CCCc2ncncc21. The maximum Gasteiger partial charge on any atom is 0.115 e. The van der Waals surface area contributed by atoms with Gasteiger partial charge in [-0.05, 0) is 19.3 Å². The Morgan fingerprint density at radius 2 is 2.33 bits per heavy atom. The number of aryl methyl sites for hydroxylation is 1. The van der Waals surface area contributed by atoms with Crippen LogP contribution in [0.1, 0.15) is 28.9 Å². The van der Waals surface area contributed by atoms with Gasteiger partial charge >= 0.3 is 0 Å². The third kappa shape index (κ3) is 1.85. The van der Waals surface area contributed by atoms with Crippen molar-refractivity contribution in [2.24, 2.45) is 0 Å². The minimum absolute atomic E-state index is 0. The second kappa shape index (κ2) is 4.33. The molecular formula is C8H10Br2N2. The van der Waals surface area contributed by atoms with Gasteiger partial charge in [-0.1, -0.05) is 15.9 Å². The summed E-state index contributed by atoms with van der Waals surface area (Å²) in [4.78, 5) is 8.72. The maximum absolute atomic E-state index is 4.23. The van der Waals surface area contributed by atoms with Crippen LogP contribution >= 0.6 is 32.9 Å². The van der Waals surface area contributed by atoms with Crippen molar-refractivity contribution in [2.45, 2.75) is 24.1 Å². The molecule has 1 atom stereocenters. The molecule has 0 radical (unpaired) electrons. The van der Waals surface area contributed by atoms with Gasteiger partial charge in [0.15, 0.2) is 0 Å². The van der Waals surface area contributed by atoms with E-state index in [-0.39, 0.29) is 17.0 Å². The molecule has 0 N–H and O–H groups in total. The van der Waals surface area contributed by atoms with Gasteiger partial charge in [0.25, 0.3) is 0 Å². The Bertz CT molecular complexity index is 265. The molecule has 4 heteroatoms. The van der Waals surface area contributed by atoms with Crippen molar-refractivity contribution in [1.29, 1.82) is 0 Å². The van der Waals surface area contributed by atoms with Crippen LogP contribution in [0.2, 0.25) is 0 Å². The average Bonchev–Trinajstić information content (AvgIpc) is 2.06. The molecule has 0 fully saturated rings. The molecule has 0 bridgehead atoms. The molecule has 0 amide bonds. The third-order valence-electron chi connectivity index (χ3n) is 2.04. The Kier molecular flexibility index (Phi) is 3.65. The van der Waals surface area contributed by atoms with Crippen molar-refractivity contribution in [1.82, 2.24) is 9.97 Å². The molecule has 12 heavy (non-hydrogen) atoms. The van der Waals surface area contributed by atoms with Crippen LogP contribution in [0.3, 0.4) is 0 Å². The first-order valence-corrected chi connectivity index (χ1v) is 4.72. The maximum atomic E-state index is 4.23. The van der Waals surface area contributed by atoms with Crippen molar-refractivity contribution < 1.29 is 0 Å². The first kappa shape index (κ1) is 10.1. The van der Waals surface area contributed by atoms with E-state index < -0.39 is 0 Å². The van der Waals surface area contributed by atoms with E-state index in [2.05, 4.69) is 25.9 Å². The predicted molar refractivity (Wildman–Crippen MR) is 57.0 cm³/mol. The van der Waals surface area contributed by atoms with Crippen LogP contribution in [0.25, 0.3) is 0 Å². The molecule has 1 aromatic heterocycles. The van der Waals surface area contributed by atoms with Gasteiger partial charge in [-0.2, -0.15) is 0 Å². The molecule has 0 spiro atoms. The summed E-state index contributed by atoms with van der Waals surface area (Å²) in [6.07, 6.45) is 7.10. The molecule has 1 aromatic rings. The lowest BCUT2D eigenvalue weighted by atomic mass is 9.98. The molecule has 2 rings (SSSR count). The number of aromatic nitrogens is 2. The Hall–Kier alpha value is 0.0400. The summed E-state index contributed by atoms with van der Waals surface area (Å²) in [5.41, 5.74) is 2.49. The summed E-state index contributed by atoms with van der Waals surface area (Å²) in [5.74, 6) is 0. The zero-order chi connectivity index (χ0) is 7.68. The van der Waals surface area contributed by atoms with Crippen LogP contribution in [0, 0.1) is 0 Å². The number of nitrogens with zero attached hydrogens (tertiary/aromatic N) is 2. The minimum Gasteiger partial charge on any atom is -0.244 e. The molecule has 0 aliphatic heterocycles. The van der Waals surface area contributed by atoms with Crippen molar-refractivity contribution in [3.05, 3.63) is 23.8 Å². The molecule has 0 saturated heterocycles. The smallest absolute Gasteiger partial charge is 0.115 e. The monoisotopic (exact) mass is 292 g/mol. The second-order valence-electron chi connectivity index (χ2n) is 2.78. The lowest BCUT2D eigenvalue weighted by molar-refractivity contribution is 0.658. The average molecular weight is 294 g/mol. The summed E-state index contributed by atoms with van der Waals surface area (Å²) >= 11 is 3.61. The number of hydrogen-bond donors (Lipinski definition) is 0. The van der Waals surface area contributed by atoms with Crippen LogP contribution in [0.5, 0.6) is 0 Å². The van der Waals surface area contributed by atoms with Crippen LogP contribution in [0.4, 0.5) is 0 Å². The van der Waals surface area contributed by atoms with E-state index in [1.165, 1.54) is 24.1 Å². The van der Waals surface area contributed by atoms with E-state index in [1.807, 2.05) is 6.20 Å². The van der Waals surface area contributed by atoms with Crippen molar-refractivity contribution >= 4 is 32.9 Å². The molecule has 0 saturated carbocycles. The fraction of sp³-hybridized carbons (Fsp3) is 0.500. The van der Waals surface area contributed by atoms with Crippen LogP contribution < -0.4 is 0 Å². The van der Waals surface area contributed by atoms with Crippen LogP contribution in [-0.4, -0.2) is 9.97 Å². The molecule has 2 nitrogen and oxygen atoms in total. The van der Waals surface area contributed by atoms with Crippen molar-refractivity contribution in [3.8, 4) is 0 Å². The summed E-state index contributed by atoms with van der Waals surface area (Å²) in [6, 6.07) is 0. The Morgan fingerprint density at radius 1 is 1.50 bits per heavy atom. The number of hydrogen-bond acceptors (Lipinski definition) is 2. The summed E-state index contributed by atoms with van der Waals surface area (Å²) in [5, 5.41) is 0. The van der Waals surface area contributed by atoms with E-state index >= 15 is 0 Å². The van der Waals surface area contributed by atoms with Gasteiger partial charge in [-0.3, -0.25) is 0 Å². The molecular weight excluding hydrogens is 284 g/mol. The summed E-state index contributed by atoms with van der Waals surface area (Å²) in [6.45, 7) is 0. The van der Waals surface area contributed by atoms with Gasteiger partial charge in [0, 0.05) is 22.3 Å². The highest BCUT2D eigenvalue weighted by Crippen LogP contribution is 2.33. The molecule has 1 heterocycles. The van der Waals surface area contributed by atoms with Gasteiger partial charge in [0.1, 0.15) is 6.33 Å². The zero-order valence-electron chi connectivity index (χ0n) is 6.53. The Morgan fingerprint density at radius 3 is 3.08 bits per heavy atom. The minimum atomic E-state index is 0. The second-order valence-corrected chi connectivity index (χ2v) is 3.89. The molecule has 1 aliphatic rings. The summed E-state index contributed by atoms with van der Waals surface area (Å²) in [7, 11) is 0. The van der Waals surface area contributed by atoms with Gasteiger partial charge in [-0.15, -0.1) is 17.0 Å². The lowest BCUT2D eigenvalue weighted by Crippen LogP contribution is -2.07. The highest BCUT2D eigenvalue weighted by atomic mass is 79.9. The van der Waals surface area contributed by atoms with Gasteiger partial charge in [0.05, 0.1) is 0 Å². The largest absolute Gasteiger partial charge is 0.244 e. The lowest BCUT2D eigenvalue weighted by Gasteiger charge is -2.18. The van der Waals surface area contributed by atoms with Gasteiger partial charge < -0.3 is 0 Å². The number of fused-ring (bicyclic) bond motifs is 1. The quantitative estimate of drug-likeness (QED) is 0.688. The van der Waals surface area contributed by atoms with Crippen LogP contribution in [-0.2, 0) is 6.42 Å². The normalized spacial score (nSPS) is 20.9. The van der Waals surface area contributed by atoms with E-state index in [0.717, 1.165) is 6.42 Å². The van der Waals surface area contributed by atoms with E-state index in [9.17, 15) is 0 Å². The highest BCUT2D eigenvalue weighted by molar-refractivity contribution is 9.09. The summed E-state index contributed by atoms with van der Waals surface area (Å²) < 4.78 is 0. The molecule has 0 aromatic carbocycles. The number of halogens is 2. The molecule has 1 aliphatic carbocycles. The highest BCUT2D eigenvalue weighted by Gasteiger charge is 2.17. The first-order chi connectivity index (χ1) is 5.38. The fourth-order valence-corrected chi connectivity index (χ4v) is 2.15. The standard InChI is InChI=1S/C8H9BrN2.BrH/c9-7-2-1-3-8-6(7)4-10-5-11-8;/h4-5,7H,1-3H2;1H. The van der Waals surface area contributed by atoms with Gasteiger partial charge in [-0.25, -0.2) is 9.97 Å². The zero-order valence-corrected chi connectivity index (χ0v) is 9.83. The van der Waals surface area contributed by atoms with Crippen LogP contribution in [0.15, 0.2) is 12.5 Å². The van der Waals surface area contributed by atoms with E-state index in [1.54, 1.807) is 6.33 Å². The third-order valence-corrected chi connectivity index (χ3v) is 2.99. The van der Waals surface area contributed by atoms with E-state index in [4.69, 9.17) is 0 Å². The van der Waals surface area contributed by atoms with E-state index in [0.29, 0.717) is 4.83 Å². The number of rotatable bonds is 0. The predicted octanol–water partition coefficient (Wildman–Crippen LogP) is 2.83. The Labute approximate surface area is 90.7 Å². The molecule has 1 unspecified atom stereocenters. The number of alkyl halides is 1. The fourth-order valence-electron chi connectivity index (χ4n) is 1.44. The molecule has 66 valence electrons. The van der Waals surface area contributed by atoms with Crippen molar-refractivity contribution in [2.75, 3.05) is 0 Å².